The zero-order valence-corrected chi connectivity index (χ0v) is 14.1. The molecule has 0 spiro atoms. The van der Waals surface area contributed by atoms with Crippen molar-refractivity contribution in [2.45, 2.75) is 0 Å². The van der Waals surface area contributed by atoms with Crippen LogP contribution in [0.15, 0.2) is 42.5 Å². The van der Waals surface area contributed by atoms with Crippen molar-refractivity contribution in [2.75, 3.05) is 19.5 Å². The maximum atomic E-state index is 12.0. The van der Waals surface area contributed by atoms with E-state index in [0.717, 1.165) is 5.56 Å². The molecule has 0 unspecified atom stereocenters. The highest BCUT2D eigenvalue weighted by Crippen LogP contribution is 2.29. The molecule has 0 aliphatic carbocycles. The molecule has 0 atom stereocenters. The molecule has 23 heavy (non-hydrogen) atoms. The van der Waals surface area contributed by atoms with Crippen molar-refractivity contribution < 1.29 is 14.3 Å². The van der Waals surface area contributed by atoms with Gasteiger partial charge in [-0.1, -0.05) is 29.3 Å². The molecule has 6 heteroatoms. The number of amides is 1. The largest absolute Gasteiger partial charge is 0.493 e. The molecule has 2 rings (SSSR count). The van der Waals surface area contributed by atoms with E-state index < -0.39 is 0 Å². The lowest BCUT2D eigenvalue weighted by atomic mass is 10.2. The van der Waals surface area contributed by atoms with E-state index in [1.54, 1.807) is 49.6 Å². The van der Waals surface area contributed by atoms with E-state index in [0.29, 0.717) is 27.2 Å². The van der Waals surface area contributed by atoms with Gasteiger partial charge in [-0.05, 0) is 35.9 Å². The molecular formula is C17H15Cl2NO3. The Balaban J connectivity index is 2.07. The molecule has 0 aromatic heterocycles. The van der Waals surface area contributed by atoms with Crippen LogP contribution >= 0.6 is 23.2 Å². The first-order valence-electron chi connectivity index (χ1n) is 6.69. The molecular weight excluding hydrogens is 337 g/mol. The zero-order valence-electron chi connectivity index (χ0n) is 12.6. The Labute approximate surface area is 144 Å². The summed E-state index contributed by atoms with van der Waals surface area (Å²) in [5.74, 6) is 0.860. The van der Waals surface area contributed by atoms with Crippen LogP contribution < -0.4 is 14.8 Å². The van der Waals surface area contributed by atoms with Crippen molar-refractivity contribution in [3.05, 3.63) is 58.1 Å². The predicted molar refractivity (Wildman–Crippen MR) is 93.7 cm³/mol. The van der Waals surface area contributed by atoms with E-state index in [4.69, 9.17) is 32.7 Å². The monoisotopic (exact) mass is 351 g/mol. The fraction of sp³-hybridized carbons (Fsp3) is 0.118. The van der Waals surface area contributed by atoms with Gasteiger partial charge in [0, 0.05) is 17.8 Å². The van der Waals surface area contributed by atoms with Crippen LogP contribution in [0.2, 0.25) is 10.0 Å². The number of carbonyl (C=O) groups excluding carboxylic acids is 1. The van der Waals surface area contributed by atoms with Crippen molar-refractivity contribution in [3.8, 4) is 11.5 Å². The van der Waals surface area contributed by atoms with Gasteiger partial charge in [0.15, 0.2) is 11.5 Å². The summed E-state index contributed by atoms with van der Waals surface area (Å²) in [4.78, 5) is 12.0. The van der Waals surface area contributed by atoms with Crippen molar-refractivity contribution in [2.24, 2.45) is 0 Å². The molecule has 120 valence electrons. The molecule has 0 aliphatic rings. The third-order valence-corrected chi connectivity index (χ3v) is 3.76. The average molecular weight is 352 g/mol. The van der Waals surface area contributed by atoms with E-state index in [1.807, 2.05) is 0 Å². The Kier molecular flexibility index (Phi) is 5.90. The number of hydrogen-bond acceptors (Lipinski definition) is 3. The van der Waals surface area contributed by atoms with Gasteiger partial charge >= 0.3 is 0 Å². The molecule has 1 amide bonds. The Hall–Kier alpha value is -2.17. The number of anilines is 1. The smallest absolute Gasteiger partial charge is 0.248 e. The minimum atomic E-state index is -0.275. The number of rotatable bonds is 5. The van der Waals surface area contributed by atoms with Crippen LogP contribution in [0.3, 0.4) is 0 Å². The highest BCUT2D eigenvalue weighted by molar-refractivity contribution is 6.42. The second kappa shape index (κ2) is 7.90. The van der Waals surface area contributed by atoms with Gasteiger partial charge in [-0.25, -0.2) is 0 Å². The Morgan fingerprint density at radius 2 is 1.74 bits per heavy atom. The molecule has 0 saturated carbocycles. The maximum absolute atomic E-state index is 12.0. The van der Waals surface area contributed by atoms with Gasteiger partial charge in [-0.3, -0.25) is 4.79 Å². The molecule has 4 nitrogen and oxygen atoms in total. The number of ether oxygens (including phenoxy) is 2. The molecule has 0 fully saturated rings. The summed E-state index contributed by atoms with van der Waals surface area (Å²) in [6.07, 6.45) is 3.06. The summed E-state index contributed by atoms with van der Waals surface area (Å²) in [6.45, 7) is 0. The minimum absolute atomic E-state index is 0.275. The number of carbonyl (C=O) groups is 1. The first-order chi connectivity index (χ1) is 11.0. The van der Waals surface area contributed by atoms with Crippen LogP contribution in [0.25, 0.3) is 6.08 Å². The van der Waals surface area contributed by atoms with Gasteiger partial charge in [0.05, 0.1) is 24.3 Å². The summed E-state index contributed by atoms with van der Waals surface area (Å²) in [6, 6.07) is 10.3. The number of nitrogens with one attached hydrogen (secondary N) is 1. The lowest BCUT2D eigenvalue weighted by Gasteiger charge is -2.09. The van der Waals surface area contributed by atoms with Gasteiger partial charge in [0.25, 0.3) is 0 Å². The SMILES string of the molecule is COc1ccc(NC(=O)/C=C/c2ccc(Cl)c(Cl)c2)cc1OC. The van der Waals surface area contributed by atoms with Crippen LogP contribution in [0, 0.1) is 0 Å². The minimum Gasteiger partial charge on any atom is -0.493 e. The van der Waals surface area contributed by atoms with E-state index in [-0.39, 0.29) is 5.91 Å². The number of halogens is 2. The van der Waals surface area contributed by atoms with Crippen LogP contribution in [-0.4, -0.2) is 20.1 Å². The van der Waals surface area contributed by atoms with E-state index >= 15 is 0 Å². The quantitative estimate of drug-likeness (QED) is 0.796. The normalized spacial score (nSPS) is 10.6. The standard InChI is InChI=1S/C17H15Cl2NO3/c1-22-15-7-5-12(10-16(15)23-2)20-17(21)8-4-11-3-6-13(18)14(19)9-11/h3-10H,1-2H3,(H,20,21)/b8-4+. The van der Waals surface area contributed by atoms with Crippen LogP contribution in [0.4, 0.5) is 5.69 Å². The fourth-order valence-corrected chi connectivity index (χ4v) is 2.19. The summed E-state index contributed by atoms with van der Waals surface area (Å²) in [5.41, 5.74) is 1.38. The summed E-state index contributed by atoms with van der Waals surface area (Å²) >= 11 is 11.8. The molecule has 1 N–H and O–H groups in total. The molecule has 0 aliphatic heterocycles. The molecule has 0 radical (unpaired) electrons. The van der Waals surface area contributed by atoms with Crippen molar-refractivity contribution in [1.82, 2.24) is 0 Å². The highest BCUT2D eigenvalue weighted by atomic mass is 35.5. The lowest BCUT2D eigenvalue weighted by molar-refractivity contribution is -0.111. The van der Waals surface area contributed by atoms with E-state index in [1.165, 1.54) is 13.2 Å². The Morgan fingerprint density at radius 1 is 1.00 bits per heavy atom. The van der Waals surface area contributed by atoms with E-state index in [9.17, 15) is 4.79 Å². The van der Waals surface area contributed by atoms with Crippen LogP contribution in [-0.2, 0) is 4.79 Å². The first-order valence-corrected chi connectivity index (χ1v) is 7.45. The summed E-state index contributed by atoms with van der Waals surface area (Å²) < 4.78 is 10.3. The van der Waals surface area contributed by atoms with Gasteiger partial charge in [-0.15, -0.1) is 0 Å². The second-order valence-electron chi connectivity index (χ2n) is 4.57. The van der Waals surface area contributed by atoms with Crippen molar-refractivity contribution in [3.63, 3.8) is 0 Å². The Bertz CT molecular complexity index is 745. The molecule has 0 saturated heterocycles. The van der Waals surface area contributed by atoms with Crippen molar-refractivity contribution >= 4 is 40.9 Å². The Morgan fingerprint density at radius 3 is 2.39 bits per heavy atom. The molecule has 0 heterocycles. The van der Waals surface area contributed by atoms with Crippen LogP contribution in [0.1, 0.15) is 5.56 Å². The third kappa shape index (κ3) is 4.65. The van der Waals surface area contributed by atoms with Gasteiger partial charge in [0.1, 0.15) is 0 Å². The molecule has 2 aromatic carbocycles. The number of benzene rings is 2. The van der Waals surface area contributed by atoms with Gasteiger partial charge < -0.3 is 14.8 Å². The average Bonchev–Trinajstić information content (AvgIpc) is 2.55. The fourth-order valence-electron chi connectivity index (χ4n) is 1.89. The van der Waals surface area contributed by atoms with Crippen molar-refractivity contribution in [1.29, 1.82) is 0 Å². The number of methoxy groups -OCH3 is 2. The summed E-state index contributed by atoms with van der Waals surface area (Å²) in [7, 11) is 3.09. The lowest BCUT2D eigenvalue weighted by Crippen LogP contribution is -2.07. The second-order valence-corrected chi connectivity index (χ2v) is 5.38. The van der Waals surface area contributed by atoms with E-state index in [2.05, 4.69) is 5.32 Å². The predicted octanol–water partition coefficient (Wildman–Crippen LogP) is 4.66. The van der Waals surface area contributed by atoms with Gasteiger partial charge in [0.2, 0.25) is 5.91 Å². The number of hydrogen-bond donors (Lipinski definition) is 1. The zero-order chi connectivity index (χ0) is 16.8. The summed E-state index contributed by atoms with van der Waals surface area (Å²) in [5, 5.41) is 3.65. The first kappa shape index (κ1) is 17.2. The van der Waals surface area contributed by atoms with Crippen LogP contribution in [0.5, 0.6) is 11.5 Å². The molecule has 2 aromatic rings. The van der Waals surface area contributed by atoms with Gasteiger partial charge in [-0.2, -0.15) is 0 Å². The highest BCUT2D eigenvalue weighted by Gasteiger charge is 2.06. The maximum Gasteiger partial charge on any atom is 0.248 e. The topological polar surface area (TPSA) is 47.6 Å². The third-order valence-electron chi connectivity index (χ3n) is 3.02. The molecule has 0 bridgehead atoms.